The molecule has 1 unspecified atom stereocenters. The quantitative estimate of drug-likeness (QED) is 0.799. The maximum Gasteiger partial charge on any atom is 0.223 e. The van der Waals surface area contributed by atoms with Crippen molar-refractivity contribution >= 4 is 24.2 Å². The van der Waals surface area contributed by atoms with Gasteiger partial charge in [0.05, 0.1) is 6.04 Å². The molecule has 1 aliphatic rings. The molecule has 25 heavy (non-hydrogen) atoms. The average molecular weight is 369 g/mol. The summed E-state index contributed by atoms with van der Waals surface area (Å²) in [5.41, 5.74) is 1.05. The largest absolute Gasteiger partial charge is 0.343 e. The van der Waals surface area contributed by atoms with Crippen LogP contribution in [0.4, 0.5) is 0 Å². The second kappa shape index (κ2) is 11.1. The van der Waals surface area contributed by atoms with Gasteiger partial charge in [0.2, 0.25) is 11.8 Å². The molecule has 0 aromatic carbocycles. The van der Waals surface area contributed by atoms with E-state index in [0.29, 0.717) is 25.8 Å². The predicted octanol–water partition coefficient (Wildman–Crippen LogP) is 2.02. The Balaban J connectivity index is 0.00000312. The van der Waals surface area contributed by atoms with Crippen LogP contribution in [0.5, 0.6) is 0 Å². The van der Waals surface area contributed by atoms with E-state index in [1.807, 2.05) is 42.0 Å². The summed E-state index contributed by atoms with van der Waals surface area (Å²) in [6.07, 6.45) is 5.03. The summed E-state index contributed by atoms with van der Waals surface area (Å²) in [4.78, 5) is 32.6. The van der Waals surface area contributed by atoms with Crippen molar-refractivity contribution in [1.82, 2.24) is 20.1 Å². The molecular formula is C18H29ClN4O2. The van der Waals surface area contributed by atoms with E-state index in [9.17, 15) is 9.59 Å². The van der Waals surface area contributed by atoms with Crippen LogP contribution < -0.4 is 5.32 Å². The summed E-state index contributed by atoms with van der Waals surface area (Å²) >= 11 is 0. The van der Waals surface area contributed by atoms with Gasteiger partial charge in [-0.2, -0.15) is 0 Å². The maximum atomic E-state index is 12.6. The second-order valence-corrected chi connectivity index (χ2v) is 6.01. The van der Waals surface area contributed by atoms with Gasteiger partial charge in [-0.1, -0.05) is 6.07 Å². The van der Waals surface area contributed by atoms with Crippen molar-refractivity contribution in [2.45, 2.75) is 39.2 Å². The number of piperazine rings is 1. The molecule has 0 saturated carbocycles. The van der Waals surface area contributed by atoms with Crippen molar-refractivity contribution in [3.63, 3.8) is 0 Å². The molecule has 2 amide bonds. The lowest BCUT2D eigenvalue weighted by Gasteiger charge is -2.36. The van der Waals surface area contributed by atoms with Crippen LogP contribution in [0, 0.1) is 0 Å². The molecule has 6 nitrogen and oxygen atoms in total. The lowest BCUT2D eigenvalue weighted by Crippen LogP contribution is -2.48. The highest BCUT2D eigenvalue weighted by Crippen LogP contribution is 2.22. The third-order valence-corrected chi connectivity index (χ3v) is 4.53. The summed E-state index contributed by atoms with van der Waals surface area (Å²) in [6.45, 7) is 7.66. The Morgan fingerprint density at radius 2 is 2.08 bits per heavy atom. The van der Waals surface area contributed by atoms with Crippen LogP contribution in [-0.2, 0) is 9.59 Å². The summed E-state index contributed by atoms with van der Waals surface area (Å²) in [5.74, 6) is 0.259. The number of carbonyl (C=O) groups is 2. The highest BCUT2D eigenvalue weighted by Gasteiger charge is 2.27. The van der Waals surface area contributed by atoms with Gasteiger partial charge < -0.3 is 15.1 Å². The van der Waals surface area contributed by atoms with Crippen molar-refractivity contribution in [1.29, 1.82) is 0 Å². The lowest BCUT2D eigenvalue weighted by atomic mass is 10.0. The molecule has 1 N–H and O–H groups in total. The van der Waals surface area contributed by atoms with Gasteiger partial charge in [-0.25, -0.2) is 0 Å². The first kappa shape index (κ1) is 21.4. The van der Waals surface area contributed by atoms with E-state index in [4.69, 9.17) is 0 Å². The number of halogens is 1. The van der Waals surface area contributed by atoms with Crippen LogP contribution in [0.15, 0.2) is 24.5 Å². The summed E-state index contributed by atoms with van der Waals surface area (Å²) < 4.78 is 0. The number of nitrogens with zero attached hydrogens (tertiary/aromatic N) is 3. The molecule has 0 aliphatic carbocycles. The van der Waals surface area contributed by atoms with Crippen molar-refractivity contribution in [2.24, 2.45) is 0 Å². The summed E-state index contributed by atoms with van der Waals surface area (Å²) in [5, 5.41) is 3.34. The lowest BCUT2D eigenvalue weighted by molar-refractivity contribution is -0.135. The minimum Gasteiger partial charge on any atom is -0.343 e. The first-order valence-corrected chi connectivity index (χ1v) is 8.85. The van der Waals surface area contributed by atoms with Gasteiger partial charge in [0, 0.05) is 58.0 Å². The fourth-order valence-electron chi connectivity index (χ4n) is 3.14. The SMILES string of the molecule is CCN(CC)C(=O)CCCC(=O)N1CCNCC1c1cccnc1.Cl. The monoisotopic (exact) mass is 368 g/mol. The first-order chi connectivity index (χ1) is 11.7. The second-order valence-electron chi connectivity index (χ2n) is 6.01. The van der Waals surface area contributed by atoms with Crippen LogP contribution in [0.3, 0.4) is 0 Å². The Morgan fingerprint density at radius 3 is 2.72 bits per heavy atom. The molecule has 7 heteroatoms. The van der Waals surface area contributed by atoms with Gasteiger partial charge >= 0.3 is 0 Å². The zero-order chi connectivity index (χ0) is 17.4. The first-order valence-electron chi connectivity index (χ1n) is 8.85. The molecule has 0 bridgehead atoms. The molecule has 2 heterocycles. The molecule has 0 spiro atoms. The van der Waals surface area contributed by atoms with E-state index in [0.717, 1.165) is 31.7 Å². The fraction of sp³-hybridized carbons (Fsp3) is 0.611. The molecule has 1 aromatic rings. The Hall–Kier alpha value is -1.66. The number of nitrogens with one attached hydrogen (secondary N) is 1. The van der Waals surface area contributed by atoms with E-state index < -0.39 is 0 Å². The topological polar surface area (TPSA) is 65.5 Å². The van der Waals surface area contributed by atoms with Crippen LogP contribution in [0.25, 0.3) is 0 Å². The van der Waals surface area contributed by atoms with E-state index in [1.54, 1.807) is 6.20 Å². The fourth-order valence-corrected chi connectivity index (χ4v) is 3.14. The molecule has 1 aromatic heterocycles. The van der Waals surface area contributed by atoms with Crippen molar-refractivity contribution in [3.8, 4) is 0 Å². The molecule has 1 aliphatic heterocycles. The normalized spacial score (nSPS) is 16.9. The van der Waals surface area contributed by atoms with E-state index in [2.05, 4.69) is 10.3 Å². The van der Waals surface area contributed by atoms with Crippen molar-refractivity contribution < 1.29 is 9.59 Å². The Labute approximate surface area is 156 Å². The molecule has 0 radical (unpaired) electrons. The third kappa shape index (κ3) is 5.97. The molecule has 1 fully saturated rings. The van der Waals surface area contributed by atoms with Gasteiger partial charge in [0.25, 0.3) is 0 Å². The van der Waals surface area contributed by atoms with E-state index >= 15 is 0 Å². The third-order valence-electron chi connectivity index (χ3n) is 4.53. The standard InChI is InChI=1S/C18H28N4O2.ClH/c1-3-21(4-2)17(23)8-5-9-18(24)22-12-11-20-14-16(22)15-7-6-10-19-13-15;/h6-7,10,13,16,20H,3-5,8-9,11-12,14H2,1-2H3;1H. The highest BCUT2D eigenvalue weighted by molar-refractivity contribution is 5.85. The van der Waals surface area contributed by atoms with Gasteiger partial charge in [-0.3, -0.25) is 14.6 Å². The zero-order valence-electron chi connectivity index (χ0n) is 15.1. The number of amides is 2. The van der Waals surface area contributed by atoms with Crippen LogP contribution in [-0.4, -0.2) is 59.3 Å². The van der Waals surface area contributed by atoms with Gasteiger partial charge in [-0.15, -0.1) is 12.4 Å². The Bertz CT molecular complexity index is 537. The van der Waals surface area contributed by atoms with Crippen LogP contribution in [0.1, 0.15) is 44.7 Å². The highest BCUT2D eigenvalue weighted by atomic mass is 35.5. The predicted molar refractivity (Wildman–Crippen MR) is 101 cm³/mol. The van der Waals surface area contributed by atoms with Crippen molar-refractivity contribution in [3.05, 3.63) is 30.1 Å². The summed E-state index contributed by atoms with van der Waals surface area (Å²) in [6, 6.07) is 3.93. The minimum atomic E-state index is 0. The number of carbonyl (C=O) groups excluding carboxylic acids is 2. The molecule has 140 valence electrons. The van der Waals surface area contributed by atoms with Gasteiger partial charge in [0.1, 0.15) is 0 Å². The Morgan fingerprint density at radius 1 is 1.32 bits per heavy atom. The number of hydrogen-bond acceptors (Lipinski definition) is 4. The average Bonchev–Trinajstić information content (AvgIpc) is 2.63. The number of pyridine rings is 1. The van der Waals surface area contributed by atoms with E-state index in [-0.39, 0.29) is 30.3 Å². The summed E-state index contributed by atoms with van der Waals surface area (Å²) in [7, 11) is 0. The van der Waals surface area contributed by atoms with E-state index in [1.165, 1.54) is 0 Å². The smallest absolute Gasteiger partial charge is 0.223 e. The molecule has 1 atom stereocenters. The molecule has 2 rings (SSSR count). The molecular weight excluding hydrogens is 340 g/mol. The van der Waals surface area contributed by atoms with Crippen molar-refractivity contribution in [2.75, 3.05) is 32.7 Å². The number of rotatable bonds is 7. The zero-order valence-corrected chi connectivity index (χ0v) is 15.9. The Kier molecular flexibility index (Phi) is 9.45. The number of hydrogen-bond donors (Lipinski definition) is 1. The van der Waals surface area contributed by atoms with Gasteiger partial charge in [0.15, 0.2) is 0 Å². The van der Waals surface area contributed by atoms with Crippen LogP contribution in [0.2, 0.25) is 0 Å². The van der Waals surface area contributed by atoms with Gasteiger partial charge in [-0.05, 0) is 31.9 Å². The maximum absolute atomic E-state index is 12.6. The molecule has 1 saturated heterocycles. The minimum absolute atomic E-state index is 0. The van der Waals surface area contributed by atoms with Crippen LogP contribution >= 0.6 is 12.4 Å². The number of aromatic nitrogens is 1.